The first-order chi connectivity index (χ1) is 10.9. The van der Waals surface area contributed by atoms with Crippen LogP contribution in [0.3, 0.4) is 0 Å². The van der Waals surface area contributed by atoms with Gasteiger partial charge in [-0.1, -0.05) is 68.6 Å². The van der Waals surface area contributed by atoms with Crippen LogP contribution in [0.25, 0.3) is 11.1 Å². The molecule has 24 heavy (non-hydrogen) atoms. The van der Waals surface area contributed by atoms with Crippen molar-refractivity contribution in [3.8, 4) is 17.2 Å². The first kappa shape index (κ1) is 19.1. The molecule has 1 heterocycles. The van der Waals surface area contributed by atoms with Crippen LogP contribution in [0.5, 0.6) is 0 Å². The number of nitrogens with one attached hydrogen (secondary N) is 1. The fourth-order valence-electron chi connectivity index (χ4n) is 3.27. The first-order valence-corrected chi connectivity index (χ1v) is 15.5. The summed E-state index contributed by atoms with van der Waals surface area (Å²) in [4.78, 5) is 3.33. The smallest absolute Gasteiger partial charge is 0.139 e. The van der Waals surface area contributed by atoms with E-state index in [0.29, 0.717) is 15.7 Å². The topological polar surface area (TPSA) is 42.8 Å². The molecule has 1 aromatic heterocycles. The number of hydrogen-bond acceptors (Lipinski definition) is 2. The fraction of sp³-hybridized carbons (Fsp3) is 0.353. The standard InChI is InChI=1S/C17H23Cl2N3Si2/c1-23(2,3)22(24(4,5)6)17-15(10-13(11-20)21-17)14-8-7-12(18)9-16(14)19/h7-10,21H,1-6H3. The van der Waals surface area contributed by atoms with Crippen molar-refractivity contribution in [3.05, 3.63) is 40.0 Å². The van der Waals surface area contributed by atoms with Gasteiger partial charge in [-0.05, 0) is 18.2 Å². The number of nitriles is 1. The summed E-state index contributed by atoms with van der Waals surface area (Å²) in [6, 6.07) is 9.61. The molecule has 2 rings (SSSR count). The second-order valence-corrected chi connectivity index (χ2v) is 18.7. The van der Waals surface area contributed by atoms with Crippen LogP contribution in [-0.4, -0.2) is 21.5 Å². The number of nitrogens with zero attached hydrogens (tertiary/aromatic N) is 2. The van der Waals surface area contributed by atoms with Gasteiger partial charge < -0.3 is 9.22 Å². The molecule has 7 heteroatoms. The van der Waals surface area contributed by atoms with E-state index in [1.54, 1.807) is 6.07 Å². The van der Waals surface area contributed by atoms with Gasteiger partial charge in [0, 0.05) is 16.1 Å². The summed E-state index contributed by atoms with van der Waals surface area (Å²) in [7, 11) is -3.34. The number of benzene rings is 1. The van der Waals surface area contributed by atoms with Gasteiger partial charge in [0.2, 0.25) is 0 Å². The molecule has 0 spiro atoms. The maximum Gasteiger partial charge on any atom is 0.139 e. The van der Waals surface area contributed by atoms with Crippen LogP contribution in [0.4, 0.5) is 5.82 Å². The summed E-state index contributed by atoms with van der Waals surface area (Å²) in [6.07, 6.45) is 0. The number of aromatic amines is 1. The third kappa shape index (κ3) is 3.89. The highest BCUT2D eigenvalue weighted by Gasteiger charge is 2.37. The van der Waals surface area contributed by atoms with Crippen LogP contribution in [0, 0.1) is 11.3 Å². The largest absolute Gasteiger partial charge is 0.411 e. The minimum Gasteiger partial charge on any atom is -0.411 e. The van der Waals surface area contributed by atoms with Crippen molar-refractivity contribution in [3.63, 3.8) is 0 Å². The Morgan fingerprint density at radius 2 is 1.54 bits per heavy atom. The van der Waals surface area contributed by atoms with E-state index in [2.05, 4.69) is 54.6 Å². The molecule has 0 saturated carbocycles. The molecule has 0 fully saturated rings. The summed E-state index contributed by atoms with van der Waals surface area (Å²) in [6.45, 7) is 13.9. The van der Waals surface area contributed by atoms with Gasteiger partial charge in [0.05, 0.1) is 10.8 Å². The van der Waals surface area contributed by atoms with Gasteiger partial charge in [0.25, 0.3) is 0 Å². The molecular weight excluding hydrogens is 373 g/mol. The van der Waals surface area contributed by atoms with Gasteiger partial charge in [0.1, 0.15) is 28.2 Å². The van der Waals surface area contributed by atoms with E-state index >= 15 is 0 Å². The molecule has 0 saturated heterocycles. The number of halogens is 2. The predicted molar refractivity (Wildman–Crippen MR) is 110 cm³/mol. The van der Waals surface area contributed by atoms with Crippen molar-refractivity contribution in [1.82, 2.24) is 4.98 Å². The zero-order valence-corrected chi connectivity index (χ0v) is 18.5. The number of rotatable bonds is 4. The molecule has 0 aliphatic rings. The Labute approximate surface area is 156 Å². The quantitative estimate of drug-likeness (QED) is 0.613. The van der Waals surface area contributed by atoms with E-state index in [4.69, 9.17) is 23.2 Å². The van der Waals surface area contributed by atoms with E-state index in [1.165, 1.54) is 0 Å². The lowest BCUT2D eigenvalue weighted by Gasteiger charge is -2.45. The third-order valence-electron chi connectivity index (χ3n) is 3.70. The third-order valence-corrected chi connectivity index (χ3v) is 11.4. The minimum absolute atomic E-state index is 0.549. The van der Waals surface area contributed by atoms with Crippen molar-refractivity contribution in [2.24, 2.45) is 0 Å². The highest BCUT2D eigenvalue weighted by Crippen LogP contribution is 2.40. The van der Waals surface area contributed by atoms with Crippen molar-refractivity contribution in [2.45, 2.75) is 39.3 Å². The van der Waals surface area contributed by atoms with Crippen molar-refractivity contribution >= 4 is 45.5 Å². The second-order valence-electron chi connectivity index (χ2n) is 7.86. The van der Waals surface area contributed by atoms with Gasteiger partial charge in [0.15, 0.2) is 0 Å². The van der Waals surface area contributed by atoms with Gasteiger partial charge in [-0.25, -0.2) is 0 Å². The molecule has 3 nitrogen and oxygen atoms in total. The molecule has 2 aromatic rings. The Hall–Kier alpha value is -1.20. The lowest BCUT2D eigenvalue weighted by molar-refractivity contribution is 1.24. The molecular formula is C17H23Cl2N3Si2. The Morgan fingerprint density at radius 3 is 2.00 bits per heavy atom. The monoisotopic (exact) mass is 395 g/mol. The van der Waals surface area contributed by atoms with Gasteiger partial charge >= 0.3 is 0 Å². The summed E-state index contributed by atoms with van der Waals surface area (Å²) in [5, 5.41) is 10.6. The van der Waals surface area contributed by atoms with E-state index in [0.717, 1.165) is 16.9 Å². The maximum absolute atomic E-state index is 9.39. The molecule has 0 unspecified atom stereocenters. The zero-order valence-electron chi connectivity index (χ0n) is 15.0. The highest BCUT2D eigenvalue weighted by atomic mass is 35.5. The Balaban J connectivity index is 2.75. The van der Waals surface area contributed by atoms with Crippen LogP contribution in [0.1, 0.15) is 5.69 Å². The molecule has 1 N–H and O–H groups in total. The zero-order chi connectivity index (χ0) is 18.3. The van der Waals surface area contributed by atoms with E-state index < -0.39 is 16.5 Å². The second kappa shape index (κ2) is 6.60. The van der Waals surface area contributed by atoms with Gasteiger partial charge in [-0.3, -0.25) is 0 Å². The Bertz CT molecular complexity index is 782. The Kier molecular flexibility index (Phi) is 5.26. The number of H-pyrrole nitrogens is 1. The summed E-state index contributed by atoms with van der Waals surface area (Å²) in [5.74, 6) is 1.01. The summed E-state index contributed by atoms with van der Waals surface area (Å²) >= 11 is 12.5. The number of hydrogen-bond donors (Lipinski definition) is 1. The number of anilines is 1. The maximum atomic E-state index is 9.39. The van der Waals surface area contributed by atoms with Crippen LogP contribution in [0.2, 0.25) is 49.3 Å². The predicted octanol–water partition coefficient (Wildman–Crippen LogP) is 6.34. The molecule has 0 bridgehead atoms. The molecule has 0 radical (unpaired) electrons. The molecule has 128 valence electrons. The van der Waals surface area contributed by atoms with Crippen LogP contribution in [-0.2, 0) is 0 Å². The number of aromatic nitrogens is 1. The fourth-order valence-corrected chi connectivity index (χ4v) is 13.5. The van der Waals surface area contributed by atoms with Gasteiger partial charge in [-0.15, -0.1) is 0 Å². The normalized spacial score (nSPS) is 12.1. The van der Waals surface area contributed by atoms with Crippen LogP contribution in [0.15, 0.2) is 24.3 Å². The van der Waals surface area contributed by atoms with E-state index in [9.17, 15) is 5.26 Å². The highest BCUT2D eigenvalue weighted by molar-refractivity contribution is 6.99. The first-order valence-electron chi connectivity index (χ1n) is 7.84. The van der Waals surface area contributed by atoms with Crippen molar-refractivity contribution < 1.29 is 0 Å². The summed E-state index contributed by atoms with van der Waals surface area (Å²) < 4.78 is 2.56. The molecule has 0 amide bonds. The van der Waals surface area contributed by atoms with Crippen LogP contribution < -0.4 is 4.23 Å². The molecule has 0 atom stereocenters. The van der Waals surface area contributed by atoms with Crippen LogP contribution >= 0.6 is 23.2 Å². The molecule has 0 aliphatic carbocycles. The lowest BCUT2D eigenvalue weighted by Crippen LogP contribution is -2.60. The van der Waals surface area contributed by atoms with Crippen molar-refractivity contribution in [2.75, 3.05) is 4.23 Å². The van der Waals surface area contributed by atoms with Gasteiger partial charge in [-0.2, -0.15) is 5.26 Å². The van der Waals surface area contributed by atoms with E-state index in [-0.39, 0.29) is 0 Å². The van der Waals surface area contributed by atoms with Crippen molar-refractivity contribution in [1.29, 1.82) is 5.26 Å². The Morgan fingerprint density at radius 1 is 0.958 bits per heavy atom. The minimum atomic E-state index is -1.67. The molecule has 1 aromatic carbocycles. The van der Waals surface area contributed by atoms with E-state index in [1.807, 2.05) is 18.2 Å². The SMILES string of the molecule is C[Si](C)(C)N(c1[nH]c(C#N)cc1-c1ccc(Cl)cc1Cl)[Si](C)(C)C. The average Bonchev–Trinajstić information content (AvgIpc) is 2.78. The average molecular weight is 396 g/mol. The molecule has 0 aliphatic heterocycles. The lowest BCUT2D eigenvalue weighted by atomic mass is 10.1. The summed E-state index contributed by atoms with van der Waals surface area (Å²) in [5.41, 5.74) is 2.42.